The molecule has 0 N–H and O–H groups in total. The van der Waals surface area contributed by atoms with Gasteiger partial charge in [-0.1, -0.05) is 0 Å². The Labute approximate surface area is 69.2 Å². The summed E-state index contributed by atoms with van der Waals surface area (Å²) < 4.78 is 50.5. The fraction of sp³-hybridized carbons (Fsp3) is 1.00. The predicted molar refractivity (Wildman–Crippen MR) is 37.3 cm³/mol. The molecule has 0 unspecified atom stereocenters. The summed E-state index contributed by atoms with van der Waals surface area (Å²) in [6.45, 7) is 0.0619. The van der Waals surface area contributed by atoms with E-state index < -0.39 is 15.8 Å². The van der Waals surface area contributed by atoms with E-state index in [1.807, 2.05) is 0 Å². The number of nitrogens with zero attached hydrogens (tertiary/aromatic N) is 1. The van der Waals surface area contributed by atoms with Crippen LogP contribution in [0.5, 0.6) is 0 Å². The van der Waals surface area contributed by atoms with Gasteiger partial charge >= 0.3 is 5.76 Å². The van der Waals surface area contributed by atoms with Gasteiger partial charge in [-0.25, -0.2) is 8.42 Å². The lowest BCUT2D eigenvalue weighted by molar-refractivity contribution is 0.00934. The lowest BCUT2D eigenvalue weighted by Crippen LogP contribution is -2.55. The Bertz CT molecular complexity index is 247. The Morgan fingerprint density at radius 1 is 1.50 bits per heavy atom. The Morgan fingerprint density at radius 3 is 2.33 bits per heavy atom. The molecule has 0 aliphatic carbocycles. The third-order valence-corrected chi connectivity index (χ3v) is 3.20. The number of rotatable bonds is 3. The summed E-state index contributed by atoms with van der Waals surface area (Å²) in [7, 11) is -2.95. The van der Waals surface area contributed by atoms with Crippen molar-refractivity contribution in [3.05, 3.63) is 0 Å². The number of hydrogen-bond acceptors (Lipinski definition) is 3. The lowest BCUT2D eigenvalue weighted by Gasteiger charge is -2.36. The average molecular weight is 201 g/mol. The molecule has 72 valence electrons. The Kier molecular flexibility index (Phi) is 2.64. The SMILES string of the molecule is COC1CN(S(=O)(=O)C(F)F)C1. The third-order valence-electron chi connectivity index (χ3n) is 1.73. The van der Waals surface area contributed by atoms with Crippen molar-refractivity contribution in [1.82, 2.24) is 4.31 Å². The molecule has 0 bridgehead atoms. The van der Waals surface area contributed by atoms with Crippen LogP contribution in [-0.2, 0) is 14.8 Å². The van der Waals surface area contributed by atoms with E-state index in [9.17, 15) is 17.2 Å². The molecular formula is C5H9F2NO3S. The van der Waals surface area contributed by atoms with Gasteiger partial charge in [0.05, 0.1) is 6.10 Å². The fourth-order valence-corrected chi connectivity index (χ4v) is 1.84. The van der Waals surface area contributed by atoms with Gasteiger partial charge in [0.2, 0.25) is 0 Å². The predicted octanol–water partition coefficient (Wildman–Crippen LogP) is -0.131. The molecule has 0 aromatic carbocycles. The van der Waals surface area contributed by atoms with Gasteiger partial charge in [0.15, 0.2) is 0 Å². The Balaban J connectivity index is 2.53. The van der Waals surface area contributed by atoms with Gasteiger partial charge in [0, 0.05) is 20.2 Å². The van der Waals surface area contributed by atoms with E-state index in [1.165, 1.54) is 7.11 Å². The first kappa shape index (κ1) is 9.82. The summed E-state index contributed by atoms with van der Waals surface area (Å²) in [6, 6.07) is 0. The zero-order chi connectivity index (χ0) is 9.35. The summed E-state index contributed by atoms with van der Waals surface area (Å²) in [4.78, 5) is 0. The van der Waals surface area contributed by atoms with Gasteiger partial charge in [0.25, 0.3) is 10.0 Å². The summed E-state index contributed by atoms with van der Waals surface area (Å²) in [5.41, 5.74) is 0. The van der Waals surface area contributed by atoms with Crippen LogP contribution in [0.1, 0.15) is 0 Å². The smallest absolute Gasteiger partial charge is 0.350 e. The molecule has 1 saturated heterocycles. The van der Waals surface area contributed by atoms with Gasteiger partial charge < -0.3 is 4.74 Å². The number of alkyl halides is 2. The van der Waals surface area contributed by atoms with Crippen molar-refractivity contribution < 1.29 is 21.9 Å². The van der Waals surface area contributed by atoms with E-state index in [2.05, 4.69) is 0 Å². The maximum absolute atomic E-state index is 11.8. The van der Waals surface area contributed by atoms with Crippen molar-refractivity contribution in [2.24, 2.45) is 0 Å². The monoisotopic (exact) mass is 201 g/mol. The summed E-state index contributed by atoms with van der Waals surface area (Å²) in [5, 5.41) is 0. The first-order chi connectivity index (χ1) is 5.48. The quantitative estimate of drug-likeness (QED) is 0.639. The van der Waals surface area contributed by atoms with Crippen LogP contribution in [0.25, 0.3) is 0 Å². The fourth-order valence-electron chi connectivity index (χ4n) is 0.870. The minimum Gasteiger partial charge on any atom is -0.379 e. The highest BCUT2D eigenvalue weighted by atomic mass is 32.2. The first-order valence-corrected chi connectivity index (χ1v) is 4.78. The molecular weight excluding hydrogens is 192 g/mol. The van der Waals surface area contributed by atoms with E-state index in [0.29, 0.717) is 4.31 Å². The molecule has 0 aromatic rings. The number of halogens is 2. The molecule has 7 heteroatoms. The number of sulfonamides is 1. The average Bonchev–Trinajstić information content (AvgIpc) is 1.84. The van der Waals surface area contributed by atoms with Gasteiger partial charge in [-0.15, -0.1) is 0 Å². The molecule has 1 heterocycles. The second kappa shape index (κ2) is 3.23. The van der Waals surface area contributed by atoms with Crippen LogP contribution < -0.4 is 0 Å². The minimum absolute atomic E-state index is 0.0309. The molecule has 0 radical (unpaired) electrons. The maximum atomic E-state index is 11.8. The normalized spacial score (nSPS) is 21.3. The van der Waals surface area contributed by atoms with Crippen LogP contribution in [0.2, 0.25) is 0 Å². The zero-order valence-electron chi connectivity index (χ0n) is 6.41. The number of methoxy groups -OCH3 is 1. The largest absolute Gasteiger partial charge is 0.379 e. The maximum Gasteiger partial charge on any atom is 0.350 e. The van der Waals surface area contributed by atoms with Crippen molar-refractivity contribution in [3.8, 4) is 0 Å². The van der Waals surface area contributed by atoms with Crippen LogP contribution >= 0.6 is 0 Å². The van der Waals surface area contributed by atoms with E-state index in [-0.39, 0.29) is 19.2 Å². The molecule has 12 heavy (non-hydrogen) atoms. The van der Waals surface area contributed by atoms with E-state index in [1.54, 1.807) is 0 Å². The van der Waals surface area contributed by atoms with Gasteiger partial charge in [-0.05, 0) is 0 Å². The van der Waals surface area contributed by atoms with E-state index in [4.69, 9.17) is 4.74 Å². The first-order valence-electron chi connectivity index (χ1n) is 3.28. The van der Waals surface area contributed by atoms with Crippen LogP contribution in [-0.4, -0.2) is 44.8 Å². The Hall–Kier alpha value is -0.270. The van der Waals surface area contributed by atoms with Crippen molar-refractivity contribution in [3.63, 3.8) is 0 Å². The topological polar surface area (TPSA) is 46.6 Å². The second-order valence-corrected chi connectivity index (χ2v) is 4.38. The highest BCUT2D eigenvalue weighted by molar-refractivity contribution is 7.89. The zero-order valence-corrected chi connectivity index (χ0v) is 7.22. The van der Waals surface area contributed by atoms with Crippen LogP contribution in [0.3, 0.4) is 0 Å². The highest BCUT2D eigenvalue weighted by Gasteiger charge is 2.40. The van der Waals surface area contributed by atoms with E-state index >= 15 is 0 Å². The molecule has 0 spiro atoms. The van der Waals surface area contributed by atoms with E-state index in [0.717, 1.165) is 0 Å². The Morgan fingerprint density at radius 2 is 2.00 bits per heavy atom. The van der Waals surface area contributed by atoms with Gasteiger partial charge in [-0.3, -0.25) is 0 Å². The molecule has 1 aliphatic heterocycles. The highest BCUT2D eigenvalue weighted by Crippen LogP contribution is 2.20. The van der Waals surface area contributed by atoms with Gasteiger partial charge in [-0.2, -0.15) is 13.1 Å². The summed E-state index contributed by atoms with van der Waals surface area (Å²) >= 11 is 0. The van der Waals surface area contributed by atoms with Crippen LogP contribution in [0, 0.1) is 0 Å². The molecule has 0 aromatic heterocycles. The minimum atomic E-state index is -4.36. The number of hydrogen-bond donors (Lipinski definition) is 0. The summed E-state index contributed by atoms with van der Waals surface area (Å²) in [5.74, 6) is -3.32. The van der Waals surface area contributed by atoms with Crippen molar-refractivity contribution in [2.75, 3.05) is 20.2 Å². The van der Waals surface area contributed by atoms with Gasteiger partial charge in [0.1, 0.15) is 0 Å². The van der Waals surface area contributed by atoms with Crippen molar-refractivity contribution in [2.45, 2.75) is 11.9 Å². The summed E-state index contributed by atoms with van der Waals surface area (Å²) in [6.07, 6.45) is -0.237. The lowest BCUT2D eigenvalue weighted by atomic mass is 10.2. The third kappa shape index (κ3) is 1.57. The molecule has 0 amide bonds. The second-order valence-electron chi connectivity index (χ2n) is 2.48. The molecule has 0 atom stereocenters. The van der Waals surface area contributed by atoms with Crippen molar-refractivity contribution >= 4 is 10.0 Å². The molecule has 1 rings (SSSR count). The molecule has 4 nitrogen and oxygen atoms in total. The van der Waals surface area contributed by atoms with Crippen LogP contribution in [0.15, 0.2) is 0 Å². The molecule has 1 fully saturated rings. The molecule has 1 aliphatic rings. The van der Waals surface area contributed by atoms with Crippen LogP contribution in [0.4, 0.5) is 8.78 Å². The van der Waals surface area contributed by atoms with Crippen molar-refractivity contribution in [1.29, 1.82) is 0 Å². The molecule has 0 saturated carbocycles. The standard InChI is InChI=1S/C5H9F2NO3S/c1-11-4-2-8(3-4)12(9,10)5(6)7/h4-5H,2-3H2,1H3. The number of ether oxygens (including phenoxy) is 1.